The largest absolute Gasteiger partial charge is 0.226 e. The Morgan fingerprint density at radius 3 is 1.30 bits per heavy atom. The molecule has 0 aliphatic heterocycles. The molecule has 50 heavy (non-hydrogen) atoms. The van der Waals surface area contributed by atoms with Crippen LogP contribution in [0, 0.1) is 0 Å². The lowest BCUT2D eigenvalue weighted by molar-refractivity contribution is 0.572. The maximum Gasteiger partial charge on any atom is 0.209 e. The van der Waals surface area contributed by atoms with E-state index in [0.29, 0.717) is 24.7 Å². The topological polar surface area (TPSA) is 123 Å². The van der Waals surface area contributed by atoms with Crippen molar-refractivity contribution in [3.63, 3.8) is 0 Å². The van der Waals surface area contributed by atoms with Crippen LogP contribution < -0.4 is 0 Å². The van der Waals surface area contributed by atoms with Gasteiger partial charge in [-0.3, -0.25) is 0 Å². The van der Waals surface area contributed by atoms with Gasteiger partial charge in [-0.25, -0.2) is 9.36 Å². The first-order valence-corrected chi connectivity index (χ1v) is 19.0. The van der Waals surface area contributed by atoms with Crippen molar-refractivity contribution in [2.75, 3.05) is 0 Å². The highest BCUT2D eigenvalue weighted by Crippen LogP contribution is 2.45. The average molecular weight is 825 g/mol. The van der Waals surface area contributed by atoms with Gasteiger partial charge in [0.25, 0.3) is 0 Å². The maximum absolute atomic E-state index is 4.77. The quantitative estimate of drug-likeness (QED) is 0.120. The number of tetrazole rings is 2. The van der Waals surface area contributed by atoms with Crippen LogP contribution in [0.15, 0.2) is 141 Å². The summed E-state index contributed by atoms with van der Waals surface area (Å²) >= 11 is 6.99. The van der Waals surface area contributed by atoms with Gasteiger partial charge in [0, 0.05) is 8.95 Å². The second kappa shape index (κ2) is 14.5. The van der Waals surface area contributed by atoms with Crippen molar-refractivity contribution in [2.24, 2.45) is 0 Å². The summed E-state index contributed by atoms with van der Waals surface area (Å²) in [7, 11) is 3.04. The van der Waals surface area contributed by atoms with Crippen LogP contribution >= 0.6 is 53.4 Å². The fraction of sp³-hybridized carbons (Fsp3) is 0.0588. The monoisotopic (exact) mass is 822 g/mol. The van der Waals surface area contributed by atoms with Gasteiger partial charge in [-0.15, -0.1) is 20.4 Å². The van der Waals surface area contributed by atoms with Crippen molar-refractivity contribution in [3.05, 3.63) is 142 Å². The summed E-state index contributed by atoms with van der Waals surface area (Å²) in [4.78, 5) is 3.18. The minimum Gasteiger partial charge on any atom is -0.226 e. The molecule has 0 atom stereocenters. The highest BCUT2D eigenvalue weighted by Gasteiger charge is 2.24. The number of nitrogens with zero attached hydrogens (tertiary/aromatic N) is 12. The second-order valence-corrected chi connectivity index (χ2v) is 14.9. The number of aromatic nitrogens is 12. The first-order valence-electron chi connectivity index (χ1n) is 15.2. The molecule has 246 valence electrons. The Labute approximate surface area is 310 Å². The minimum atomic E-state index is 0.474. The standard InChI is InChI=1S/C34H24Br2N12S2/c35-25-15-11-23(12-16-25)21-45-41-31(39-43-45)29-19-37-47(27-7-3-1-4-8-27)33(29)49-50-34-30(20-38-48(34)28-9-5-2-6-10-28)32-40-44-46(42-32)22-24-13-17-26(36)18-14-24/h1-20H,21-22H2. The Hall–Kier alpha value is -4.90. The van der Waals surface area contributed by atoms with Gasteiger partial charge in [-0.2, -0.15) is 19.8 Å². The van der Waals surface area contributed by atoms with E-state index in [0.717, 1.165) is 52.6 Å². The molecule has 0 unspecified atom stereocenters. The molecule has 0 fully saturated rings. The molecule has 0 radical (unpaired) electrons. The van der Waals surface area contributed by atoms with Crippen molar-refractivity contribution in [2.45, 2.75) is 23.1 Å². The molecule has 0 aliphatic carbocycles. The highest BCUT2D eigenvalue weighted by atomic mass is 79.9. The van der Waals surface area contributed by atoms with Gasteiger partial charge in [0.15, 0.2) is 0 Å². The molecule has 4 aromatic heterocycles. The molecule has 12 nitrogen and oxygen atoms in total. The summed E-state index contributed by atoms with van der Waals surface area (Å²) in [6.07, 6.45) is 3.56. The molecule has 8 rings (SSSR count). The lowest BCUT2D eigenvalue weighted by atomic mass is 10.2. The van der Waals surface area contributed by atoms with Crippen LogP contribution in [-0.2, 0) is 13.1 Å². The molecular formula is C34H24Br2N12S2. The van der Waals surface area contributed by atoms with Crippen molar-refractivity contribution in [3.8, 4) is 34.2 Å². The Balaban J connectivity index is 1.14. The Kier molecular flexibility index (Phi) is 9.39. The first-order chi connectivity index (χ1) is 24.6. The van der Waals surface area contributed by atoms with E-state index < -0.39 is 0 Å². The minimum absolute atomic E-state index is 0.474. The summed E-state index contributed by atoms with van der Waals surface area (Å²) < 4.78 is 5.80. The molecule has 16 heteroatoms. The zero-order valence-electron chi connectivity index (χ0n) is 25.9. The molecule has 8 aromatic rings. The Bertz CT molecular complexity index is 2190. The van der Waals surface area contributed by atoms with E-state index in [9.17, 15) is 0 Å². The summed E-state index contributed by atoms with van der Waals surface area (Å²) in [6, 6.07) is 36.0. The molecule has 0 N–H and O–H groups in total. The number of halogens is 2. The Morgan fingerprint density at radius 1 is 0.500 bits per heavy atom. The van der Waals surface area contributed by atoms with E-state index >= 15 is 0 Å². The van der Waals surface area contributed by atoms with Crippen LogP contribution in [0.3, 0.4) is 0 Å². The SMILES string of the molecule is Brc1ccc(Cn2nnc(-c3cnn(-c4ccccc4)c3SSc3c(-c4nnn(Cc5ccc(Br)cc5)n4)cnn3-c3ccccc3)n2)cc1. The summed E-state index contributed by atoms with van der Waals surface area (Å²) in [6.45, 7) is 0.971. The van der Waals surface area contributed by atoms with Gasteiger partial charge in [0.05, 0.1) is 48.0 Å². The number of benzene rings is 4. The average Bonchev–Trinajstić information content (AvgIpc) is 3.97. The van der Waals surface area contributed by atoms with Crippen LogP contribution in [0.2, 0.25) is 0 Å². The van der Waals surface area contributed by atoms with Crippen LogP contribution in [0.1, 0.15) is 11.1 Å². The van der Waals surface area contributed by atoms with Gasteiger partial charge in [0.2, 0.25) is 11.6 Å². The zero-order valence-corrected chi connectivity index (χ0v) is 30.7. The second-order valence-electron chi connectivity index (χ2n) is 10.9. The number of hydrogen-bond donors (Lipinski definition) is 0. The van der Waals surface area contributed by atoms with Gasteiger partial charge >= 0.3 is 0 Å². The third-order valence-corrected chi connectivity index (χ3v) is 11.0. The molecular weight excluding hydrogens is 800 g/mol. The van der Waals surface area contributed by atoms with Crippen LogP contribution in [0.5, 0.6) is 0 Å². The van der Waals surface area contributed by atoms with Crippen molar-refractivity contribution in [1.29, 1.82) is 0 Å². The van der Waals surface area contributed by atoms with Gasteiger partial charge in [-0.05, 0) is 91.7 Å². The molecule has 4 heterocycles. The number of para-hydroxylation sites is 2. The third-order valence-electron chi connectivity index (χ3n) is 7.51. The number of hydrogen-bond acceptors (Lipinski definition) is 10. The van der Waals surface area contributed by atoms with Crippen LogP contribution in [0.4, 0.5) is 0 Å². The lowest BCUT2D eigenvalue weighted by Crippen LogP contribution is -2.04. The first kappa shape index (κ1) is 32.3. The number of rotatable bonds is 11. The normalized spacial score (nSPS) is 11.3. The molecule has 0 spiro atoms. The Morgan fingerprint density at radius 2 is 0.900 bits per heavy atom. The molecule has 4 aromatic carbocycles. The molecule has 0 saturated carbocycles. The molecule has 0 saturated heterocycles. The predicted octanol–water partition coefficient (Wildman–Crippen LogP) is 7.79. The third kappa shape index (κ3) is 7.05. The van der Waals surface area contributed by atoms with Gasteiger partial charge in [0.1, 0.15) is 10.1 Å². The zero-order chi connectivity index (χ0) is 33.9. The van der Waals surface area contributed by atoms with E-state index in [-0.39, 0.29) is 0 Å². The fourth-order valence-electron chi connectivity index (χ4n) is 5.07. The van der Waals surface area contributed by atoms with E-state index in [4.69, 9.17) is 20.4 Å². The van der Waals surface area contributed by atoms with Crippen molar-refractivity contribution >= 4 is 53.4 Å². The van der Waals surface area contributed by atoms with Crippen molar-refractivity contribution < 1.29 is 0 Å². The van der Waals surface area contributed by atoms with Crippen LogP contribution in [-0.4, -0.2) is 60.0 Å². The highest BCUT2D eigenvalue weighted by molar-refractivity contribution is 9.10. The van der Waals surface area contributed by atoms with E-state index in [1.807, 2.05) is 119 Å². The molecule has 0 aliphatic rings. The summed E-state index contributed by atoms with van der Waals surface area (Å²) in [5.74, 6) is 0.948. The van der Waals surface area contributed by atoms with Gasteiger partial charge in [-0.1, -0.05) is 92.5 Å². The van der Waals surface area contributed by atoms with E-state index in [1.54, 1.807) is 22.0 Å². The summed E-state index contributed by atoms with van der Waals surface area (Å²) in [5, 5.41) is 38.2. The predicted molar refractivity (Wildman–Crippen MR) is 199 cm³/mol. The maximum atomic E-state index is 4.77. The van der Waals surface area contributed by atoms with E-state index in [1.165, 1.54) is 21.6 Å². The van der Waals surface area contributed by atoms with E-state index in [2.05, 4.69) is 52.5 Å². The van der Waals surface area contributed by atoms with Crippen LogP contribution in [0.25, 0.3) is 34.2 Å². The fourth-order valence-corrected chi connectivity index (χ4v) is 8.11. The van der Waals surface area contributed by atoms with Crippen molar-refractivity contribution in [1.82, 2.24) is 60.0 Å². The molecule has 0 amide bonds. The molecule has 0 bridgehead atoms. The smallest absolute Gasteiger partial charge is 0.209 e. The summed E-state index contributed by atoms with van der Waals surface area (Å²) in [5.41, 5.74) is 5.42. The van der Waals surface area contributed by atoms with Gasteiger partial charge < -0.3 is 0 Å². The lowest BCUT2D eigenvalue weighted by Gasteiger charge is -2.10.